The van der Waals surface area contributed by atoms with Gasteiger partial charge >= 0.3 is 7.82 Å². The van der Waals surface area contributed by atoms with E-state index in [1.54, 1.807) is 0 Å². The van der Waals surface area contributed by atoms with E-state index in [1.165, 1.54) is 0 Å². The maximum Gasteiger partial charge on any atom is 0.469 e. The lowest BCUT2D eigenvalue weighted by Gasteiger charge is -2.34. The summed E-state index contributed by atoms with van der Waals surface area (Å²) < 4.78 is 19.2. The molecule has 0 radical (unpaired) electrons. The quantitative estimate of drug-likeness (QED) is 0.357. The topological polar surface area (TPSA) is 137 Å². The highest BCUT2D eigenvalue weighted by molar-refractivity contribution is 7.46. The molecule has 0 spiro atoms. The number of aliphatic hydroxyl groups excluding tert-OH is 3. The first-order valence-electron chi connectivity index (χ1n) is 4.19. The Labute approximate surface area is 85.3 Å². The van der Waals surface area contributed by atoms with Crippen molar-refractivity contribution in [1.29, 1.82) is 0 Å². The zero-order valence-corrected chi connectivity index (χ0v) is 8.53. The summed E-state index contributed by atoms with van der Waals surface area (Å²) in [6, 6.07) is 0. The van der Waals surface area contributed by atoms with Crippen molar-refractivity contribution in [2.75, 3.05) is 6.61 Å². The number of phosphoric ester groups is 1. The molecule has 1 saturated heterocycles. The molecule has 0 aromatic carbocycles. The van der Waals surface area contributed by atoms with Crippen LogP contribution in [0.15, 0.2) is 0 Å². The minimum absolute atomic E-state index is 0.159. The molecule has 0 amide bonds. The van der Waals surface area contributed by atoms with Crippen molar-refractivity contribution in [3.63, 3.8) is 0 Å². The zero-order valence-electron chi connectivity index (χ0n) is 7.63. The molecule has 1 fully saturated rings. The molecular weight excluding hydrogens is 231 g/mol. The van der Waals surface area contributed by atoms with Crippen LogP contribution >= 0.6 is 7.82 Å². The van der Waals surface area contributed by atoms with Gasteiger partial charge < -0.3 is 29.8 Å². The molecule has 1 heterocycles. The Balaban J connectivity index is 2.49. The van der Waals surface area contributed by atoms with Gasteiger partial charge in [-0.05, 0) is 0 Å². The first kappa shape index (κ1) is 13.0. The van der Waals surface area contributed by atoms with Crippen LogP contribution in [0.4, 0.5) is 0 Å². The van der Waals surface area contributed by atoms with E-state index in [1.807, 2.05) is 0 Å². The Morgan fingerprint density at radius 1 is 1.33 bits per heavy atom. The van der Waals surface area contributed by atoms with Gasteiger partial charge in [0.15, 0.2) is 6.29 Å². The summed E-state index contributed by atoms with van der Waals surface area (Å²) >= 11 is 0. The fraction of sp³-hybridized carbons (Fsp3) is 1.00. The van der Waals surface area contributed by atoms with Crippen molar-refractivity contribution in [2.24, 2.45) is 0 Å². The lowest BCUT2D eigenvalue weighted by Crippen LogP contribution is -2.50. The Morgan fingerprint density at radius 2 is 1.93 bits per heavy atom. The Bertz CT molecular complexity index is 252. The van der Waals surface area contributed by atoms with Crippen molar-refractivity contribution in [3.8, 4) is 0 Å². The summed E-state index contributed by atoms with van der Waals surface area (Å²) in [5, 5.41) is 27.6. The predicted octanol–water partition coefficient (Wildman–Crippen LogP) is -2.08. The van der Waals surface area contributed by atoms with Crippen molar-refractivity contribution < 1.29 is 38.9 Å². The highest BCUT2D eigenvalue weighted by Crippen LogP contribution is 2.36. The average Bonchev–Trinajstić information content (AvgIpc) is 2.07. The minimum Gasteiger partial charge on any atom is -0.390 e. The van der Waals surface area contributed by atoms with E-state index in [0.717, 1.165) is 0 Å². The third-order valence-corrected chi connectivity index (χ3v) is 2.44. The van der Waals surface area contributed by atoms with E-state index >= 15 is 0 Å². The number of phosphoric acid groups is 1. The predicted molar refractivity (Wildman–Crippen MR) is 45.5 cm³/mol. The van der Waals surface area contributed by atoms with Gasteiger partial charge in [-0.3, -0.25) is 4.52 Å². The van der Waals surface area contributed by atoms with Crippen LogP contribution in [0.3, 0.4) is 0 Å². The lowest BCUT2D eigenvalue weighted by atomic mass is 10.0. The summed E-state index contributed by atoms with van der Waals surface area (Å²) in [5.74, 6) is 0. The Morgan fingerprint density at radius 3 is 2.47 bits per heavy atom. The van der Waals surface area contributed by atoms with Crippen LogP contribution in [0.2, 0.25) is 0 Å². The molecule has 90 valence electrons. The number of ether oxygens (including phenoxy) is 1. The SMILES string of the molecule is O=P(O)(O)OC[C@H]1O[C@@H](O)C[C@@H](O)[C@@H]1O. The number of aliphatic hydroxyl groups is 3. The van der Waals surface area contributed by atoms with Crippen molar-refractivity contribution in [3.05, 3.63) is 0 Å². The third kappa shape index (κ3) is 4.13. The monoisotopic (exact) mass is 244 g/mol. The van der Waals surface area contributed by atoms with Crippen LogP contribution in [0, 0.1) is 0 Å². The highest BCUT2D eigenvalue weighted by atomic mass is 31.2. The molecular formula is C6H13O8P. The van der Waals surface area contributed by atoms with Crippen LogP contribution in [-0.2, 0) is 13.8 Å². The number of rotatable bonds is 3. The first-order valence-corrected chi connectivity index (χ1v) is 5.72. The number of hydrogen-bond donors (Lipinski definition) is 5. The van der Waals surface area contributed by atoms with Crippen LogP contribution < -0.4 is 0 Å². The van der Waals surface area contributed by atoms with E-state index < -0.39 is 39.0 Å². The molecule has 15 heavy (non-hydrogen) atoms. The molecule has 0 saturated carbocycles. The molecule has 4 atom stereocenters. The molecule has 0 bridgehead atoms. The normalized spacial score (nSPS) is 37.9. The maximum atomic E-state index is 10.4. The molecule has 1 aliphatic heterocycles. The van der Waals surface area contributed by atoms with Gasteiger partial charge in [-0.1, -0.05) is 0 Å². The molecule has 9 heteroatoms. The standard InChI is InChI=1S/C6H13O8P/c7-3-1-5(8)14-4(6(3)9)2-13-15(10,11)12/h3-9H,1-2H2,(H2,10,11,12)/t3-,4-,5-,6+/m1/s1. The number of hydrogen-bond acceptors (Lipinski definition) is 6. The smallest absolute Gasteiger partial charge is 0.390 e. The molecule has 8 nitrogen and oxygen atoms in total. The second kappa shape index (κ2) is 4.86. The van der Waals surface area contributed by atoms with Crippen LogP contribution in [0.1, 0.15) is 6.42 Å². The summed E-state index contributed by atoms with van der Waals surface area (Å²) in [6.07, 6.45) is -5.17. The van der Waals surface area contributed by atoms with E-state index in [9.17, 15) is 14.8 Å². The van der Waals surface area contributed by atoms with Gasteiger partial charge in [-0.15, -0.1) is 0 Å². The fourth-order valence-corrected chi connectivity index (χ4v) is 1.58. The second-order valence-corrected chi connectivity index (χ2v) is 4.45. The van der Waals surface area contributed by atoms with E-state index in [-0.39, 0.29) is 6.42 Å². The lowest BCUT2D eigenvalue weighted by molar-refractivity contribution is -0.238. The van der Waals surface area contributed by atoms with Crippen LogP contribution in [-0.4, -0.2) is 56.3 Å². The van der Waals surface area contributed by atoms with Crippen molar-refractivity contribution in [2.45, 2.75) is 31.0 Å². The molecule has 5 N–H and O–H groups in total. The summed E-state index contributed by atoms with van der Waals surface area (Å²) in [5.41, 5.74) is 0. The molecule has 0 aromatic rings. The Hall–Kier alpha value is -0.0500. The largest absolute Gasteiger partial charge is 0.469 e. The summed E-state index contributed by atoms with van der Waals surface area (Å²) in [4.78, 5) is 16.8. The molecule has 0 unspecified atom stereocenters. The van der Waals surface area contributed by atoms with Gasteiger partial charge in [-0.25, -0.2) is 4.57 Å². The zero-order chi connectivity index (χ0) is 11.6. The highest BCUT2D eigenvalue weighted by Gasteiger charge is 2.37. The maximum absolute atomic E-state index is 10.4. The van der Waals surface area contributed by atoms with E-state index in [2.05, 4.69) is 4.52 Å². The van der Waals surface area contributed by atoms with Gasteiger partial charge in [0.25, 0.3) is 0 Å². The summed E-state index contributed by atoms with van der Waals surface area (Å²) in [7, 11) is -4.65. The van der Waals surface area contributed by atoms with Gasteiger partial charge in [0, 0.05) is 6.42 Å². The molecule has 0 aliphatic carbocycles. The molecule has 0 aromatic heterocycles. The minimum atomic E-state index is -4.65. The Kier molecular flexibility index (Phi) is 4.21. The second-order valence-electron chi connectivity index (χ2n) is 3.21. The molecule has 1 aliphatic rings. The van der Waals surface area contributed by atoms with Crippen LogP contribution in [0.25, 0.3) is 0 Å². The average molecular weight is 244 g/mol. The summed E-state index contributed by atoms with van der Waals surface area (Å²) in [6.45, 7) is -0.612. The fourth-order valence-electron chi connectivity index (χ4n) is 1.24. The van der Waals surface area contributed by atoms with Gasteiger partial charge in [0.05, 0.1) is 12.7 Å². The van der Waals surface area contributed by atoms with Gasteiger partial charge in [-0.2, -0.15) is 0 Å². The van der Waals surface area contributed by atoms with E-state index in [0.29, 0.717) is 0 Å². The molecule has 1 rings (SSSR count). The van der Waals surface area contributed by atoms with Crippen molar-refractivity contribution in [1.82, 2.24) is 0 Å². The first-order chi connectivity index (χ1) is 6.79. The van der Waals surface area contributed by atoms with Gasteiger partial charge in [0.1, 0.15) is 12.2 Å². The van der Waals surface area contributed by atoms with Crippen LogP contribution in [0.5, 0.6) is 0 Å². The third-order valence-electron chi connectivity index (χ3n) is 1.96. The van der Waals surface area contributed by atoms with Crippen molar-refractivity contribution >= 4 is 7.82 Å². The van der Waals surface area contributed by atoms with Gasteiger partial charge in [0.2, 0.25) is 0 Å². The van der Waals surface area contributed by atoms with E-state index in [4.69, 9.17) is 19.6 Å².